The van der Waals surface area contributed by atoms with Gasteiger partial charge < -0.3 is 20.3 Å². The SMILES string of the molecule is CCNC(=NCCCCOCc1ccccc1)NC1CCN(c2ncccc2F)C1. The summed E-state index contributed by atoms with van der Waals surface area (Å²) >= 11 is 0. The van der Waals surface area contributed by atoms with E-state index in [1.54, 1.807) is 12.3 Å². The molecule has 0 aliphatic carbocycles. The second-order valence-corrected chi connectivity index (χ2v) is 7.39. The zero-order valence-corrected chi connectivity index (χ0v) is 17.7. The summed E-state index contributed by atoms with van der Waals surface area (Å²) in [5.41, 5.74) is 1.20. The number of rotatable bonds is 10. The highest BCUT2D eigenvalue weighted by Crippen LogP contribution is 2.20. The van der Waals surface area contributed by atoms with Crippen LogP contribution in [0.5, 0.6) is 0 Å². The molecule has 1 aromatic carbocycles. The Morgan fingerprint density at radius 1 is 1.23 bits per heavy atom. The molecule has 1 fully saturated rings. The van der Waals surface area contributed by atoms with Crippen molar-refractivity contribution in [1.29, 1.82) is 0 Å². The Kier molecular flexibility index (Phi) is 8.90. The van der Waals surface area contributed by atoms with E-state index in [-0.39, 0.29) is 11.9 Å². The van der Waals surface area contributed by atoms with Gasteiger partial charge in [-0.05, 0) is 43.9 Å². The quantitative estimate of drug-likeness (QED) is 0.355. The maximum absolute atomic E-state index is 14.0. The summed E-state index contributed by atoms with van der Waals surface area (Å²) < 4.78 is 19.7. The van der Waals surface area contributed by atoms with Gasteiger partial charge in [0.25, 0.3) is 0 Å². The predicted molar refractivity (Wildman–Crippen MR) is 119 cm³/mol. The number of ether oxygens (including phenoxy) is 1. The summed E-state index contributed by atoms with van der Waals surface area (Å²) in [6.07, 6.45) is 4.51. The number of hydrogen-bond donors (Lipinski definition) is 2. The Morgan fingerprint density at radius 3 is 2.90 bits per heavy atom. The molecule has 1 aliphatic rings. The maximum atomic E-state index is 14.0. The first-order valence-electron chi connectivity index (χ1n) is 10.8. The van der Waals surface area contributed by atoms with E-state index in [2.05, 4.69) is 39.7 Å². The summed E-state index contributed by atoms with van der Waals surface area (Å²) in [7, 11) is 0. The summed E-state index contributed by atoms with van der Waals surface area (Å²) in [5, 5.41) is 6.77. The lowest BCUT2D eigenvalue weighted by Crippen LogP contribution is -2.44. The Labute approximate surface area is 178 Å². The molecular weight excluding hydrogens is 381 g/mol. The number of aromatic nitrogens is 1. The average molecular weight is 414 g/mol. The molecule has 1 atom stereocenters. The average Bonchev–Trinajstić information content (AvgIpc) is 3.22. The molecule has 1 saturated heterocycles. The molecule has 30 heavy (non-hydrogen) atoms. The Bertz CT molecular complexity index is 786. The summed E-state index contributed by atoms with van der Waals surface area (Å²) in [6.45, 7) is 6.49. The van der Waals surface area contributed by atoms with E-state index in [9.17, 15) is 4.39 Å². The van der Waals surface area contributed by atoms with Gasteiger partial charge in [0.15, 0.2) is 17.6 Å². The highest BCUT2D eigenvalue weighted by atomic mass is 19.1. The van der Waals surface area contributed by atoms with Crippen LogP contribution in [0.4, 0.5) is 10.2 Å². The lowest BCUT2D eigenvalue weighted by molar-refractivity contribution is 0.117. The van der Waals surface area contributed by atoms with Crippen molar-refractivity contribution in [3.8, 4) is 0 Å². The number of nitrogens with zero attached hydrogens (tertiary/aromatic N) is 3. The number of aliphatic imine (C=N–C) groups is 1. The molecular formula is C23H32FN5O. The largest absolute Gasteiger partial charge is 0.377 e. The van der Waals surface area contributed by atoms with Crippen LogP contribution in [0.15, 0.2) is 53.7 Å². The minimum Gasteiger partial charge on any atom is -0.377 e. The molecule has 0 amide bonds. The zero-order chi connectivity index (χ0) is 21.0. The fourth-order valence-corrected chi connectivity index (χ4v) is 3.46. The number of guanidine groups is 1. The standard InChI is InChI=1S/C23H32FN5O/c1-2-25-23(27-13-6-7-16-30-18-19-9-4-3-5-10-19)28-20-12-15-29(17-20)22-21(24)11-8-14-26-22/h3-5,8-11,14,20H,2,6-7,12-13,15-18H2,1H3,(H2,25,27,28). The highest BCUT2D eigenvalue weighted by Gasteiger charge is 2.25. The van der Waals surface area contributed by atoms with Crippen molar-refractivity contribution in [3.05, 3.63) is 60.0 Å². The first-order valence-corrected chi connectivity index (χ1v) is 10.8. The van der Waals surface area contributed by atoms with Gasteiger partial charge in [0.05, 0.1) is 6.61 Å². The van der Waals surface area contributed by atoms with E-state index >= 15 is 0 Å². The minimum absolute atomic E-state index is 0.221. The number of benzene rings is 1. The monoisotopic (exact) mass is 413 g/mol. The van der Waals surface area contributed by atoms with Crippen molar-refractivity contribution in [2.45, 2.75) is 38.8 Å². The molecule has 1 aromatic heterocycles. The molecule has 2 heterocycles. The second kappa shape index (κ2) is 12.1. The lowest BCUT2D eigenvalue weighted by Gasteiger charge is -2.20. The molecule has 2 aromatic rings. The molecule has 3 rings (SSSR count). The van der Waals surface area contributed by atoms with Crippen LogP contribution in [-0.4, -0.2) is 49.8 Å². The topological polar surface area (TPSA) is 61.8 Å². The summed E-state index contributed by atoms with van der Waals surface area (Å²) in [6, 6.07) is 13.5. The lowest BCUT2D eigenvalue weighted by atomic mass is 10.2. The third-order valence-electron chi connectivity index (χ3n) is 4.99. The Balaban J connectivity index is 1.36. The number of nitrogens with one attached hydrogen (secondary N) is 2. The van der Waals surface area contributed by atoms with Crippen molar-refractivity contribution in [1.82, 2.24) is 15.6 Å². The number of unbranched alkanes of at least 4 members (excludes halogenated alkanes) is 1. The van der Waals surface area contributed by atoms with E-state index in [0.717, 1.165) is 51.5 Å². The fraction of sp³-hybridized carbons (Fsp3) is 0.478. The van der Waals surface area contributed by atoms with Crippen LogP contribution in [0.25, 0.3) is 0 Å². The van der Waals surface area contributed by atoms with Gasteiger partial charge in [-0.15, -0.1) is 0 Å². The van der Waals surface area contributed by atoms with Crippen molar-refractivity contribution in [3.63, 3.8) is 0 Å². The maximum Gasteiger partial charge on any atom is 0.191 e. The number of halogens is 1. The summed E-state index contributed by atoms with van der Waals surface area (Å²) in [5.74, 6) is 0.975. The van der Waals surface area contributed by atoms with E-state index in [1.807, 2.05) is 23.1 Å². The zero-order valence-electron chi connectivity index (χ0n) is 17.7. The molecule has 0 bridgehead atoms. The van der Waals surface area contributed by atoms with Crippen molar-refractivity contribution in [2.75, 3.05) is 37.7 Å². The number of hydrogen-bond acceptors (Lipinski definition) is 4. The van der Waals surface area contributed by atoms with Gasteiger partial charge in [-0.25, -0.2) is 9.37 Å². The third-order valence-corrected chi connectivity index (χ3v) is 4.99. The van der Waals surface area contributed by atoms with Gasteiger partial charge in [-0.2, -0.15) is 0 Å². The van der Waals surface area contributed by atoms with E-state index in [0.29, 0.717) is 19.0 Å². The van der Waals surface area contributed by atoms with Gasteiger partial charge in [0.1, 0.15) is 0 Å². The van der Waals surface area contributed by atoms with Crippen molar-refractivity contribution < 1.29 is 9.13 Å². The van der Waals surface area contributed by atoms with E-state index in [1.165, 1.54) is 11.6 Å². The van der Waals surface area contributed by atoms with Crippen LogP contribution in [-0.2, 0) is 11.3 Å². The van der Waals surface area contributed by atoms with E-state index in [4.69, 9.17) is 4.74 Å². The Hall–Kier alpha value is -2.67. The van der Waals surface area contributed by atoms with Crippen molar-refractivity contribution in [2.24, 2.45) is 4.99 Å². The van der Waals surface area contributed by atoms with Crippen LogP contribution in [0.1, 0.15) is 31.7 Å². The van der Waals surface area contributed by atoms with Gasteiger partial charge in [-0.1, -0.05) is 30.3 Å². The second-order valence-electron chi connectivity index (χ2n) is 7.39. The van der Waals surface area contributed by atoms with Crippen LogP contribution in [0.2, 0.25) is 0 Å². The number of pyridine rings is 1. The predicted octanol–water partition coefficient (Wildman–Crippen LogP) is 3.35. The Morgan fingerprint density at radius 2 is 2.10 bits per heavy atom. The van der Waals surface area contributed by atoms with Crippen LogP contribution in [0.3, 0.4) is 0 Å². The molecule has 0 spiro atoms. The third kappa shape index (κ3) is 6.99. The van der Waals surface area contributed by atoms with Crippen LogP contribution < -0.4 is 15.5 Å². The molecule has 6 nitrogen and oxygen atoms in total. The molecule has 0 saturated carbocycles. The van der Waals surface area contributed by atoms with Gasteiger partial charge >= 0.3 is 0 Å². The first kappa shape index (κ1) is 22.0. The van der Waals surface area contributed by atoms with Gasteiger partial charge in [-0.3, -0.25) is 4.99 Å². The highest BCUT2D eigenvalue weighted by molar-refractivity contribution is 5.80. The minimum atomic E-state index is -0.270. The first-order chi connectivity index (χ1) is 14.8. The van der Waals surface area contributed by atoms with E-state index < -0.39 is 0 Å². The van der Waals surface area contributed by atoms with Gasteiger partial charge in [0.2, 0.25) is 0 Å². The molecule has 1 unspecified atom stereocenters. The molecule has 162 valence electrons. The molecule has 7 heteroatoms. The van der Waals surface area contributed by atoms with Crippen LogP contribution in [0, 0.1) is 5.82 Å². The normalized spacial score (nSPS) is 16.7. The number of anilines is 1. The van der Waals surface area contributed by atoms with Crippen LogP contribution >= 0.6 is 0 Å². The summed E-state index contributed by atoms with van der Waals surface area (Å²) in [4.78, 5) is 10.8. The fourth-order valence-electron chi connectivity index (χ4n) is 3.46. The molecule has 0 radical (unpaired) electrons. The molecule has 2 N–H and O–H groups in total. The smallest absolute Gasteiger partial charge is 0.191 e. The molecule has 1 aliphatic heterocycles. The van der Waals surface area contributed by atoms with Gasteiger partial charge in [0, 0.05) is 45.0 Å². The van der Waals surface area contributed by atoms with Crippen molar-refractivity contribution >= 4 is 11.8 Å².